The molecular formula is C20H21BrN2O2S. The van der Waals surface area contributed by atoms with Crippen molar-refractivity contribution < 1.29 is 9.59 Å². The number of likely N-dealkylation sites (tertiary alicyclic amines) is 1. The number of amides is 2. The van der Waals surface area contributed by atoms with Gasteiger partial charge in [-0.15, -0.1) is 11.3 Å². The molecule has 6 heteroatoms. The first-order valence-electron chi connectivity index (χ1n) is 8.66. The van der Waals surface area contributed by atoms with Crippen LogP contribution in [-0.4, -0.2) is 29.8 Å². The lowest BCUT2D eigenvalue weighted by Crippen LogP contribution is -2.42. The minimum Gasteiger partial charge on any atom is -0.352 e. The van der Waals surface area contributed by atoms with E-state index < -0.39 is 0 Å². The quantitative estimate of drug-likeness (QED) is 0.723. The number of nitrogens with one attached hydrogen (secondary N) is 1. The SMILES string of the molecule is O=C(NCc1ccccc1)C1CCN(C(=O)C=Cc2ccc(Br)s2)CC1. The molecule has 4 nitrogen and oxygen atoms in total. The van der Waals surface area contributed by atoms with Gasteiger partial charge in [0.2, 0.25) is 11.8 Å². The van der Waals surface area contributed by atoms with Crippen LogP contribution in [0.3, 0.4) is 0 Å². The van der Waals surface area contributed by atoms with E-state index in [9.17, 15) is 9.59 Å². The maximum atomic E-state index is 12.3. The number of carbonyl (C=O) groups is 2. The highest BCUT2D eigenvalue weighted by Crippen LogP contribution is 2.23. The van der Waals surface area contributed by atoms with Crippen molar-refractivity contribution in [3.05, 3.63) is 62.8 Å². The molecule has 1 aliphatic rings. The van der Waals surface area contributed by atoms with Gasteiger partial charge in [-0.2, -0.15) is 0 Å². The molecule has 1 saturated heterocycles. The predicted octanol–water partition coefficient (Wildman–Crippen LogP) is 4.08. The van der Waals surface area contributed by atoms with E-state index in [1.165, 1.54) is 0 Å². The van der Waals surface area contributed by atoms with Crippen LogP contribution in [-0.2, 0) is 16.1 Å². The lowest BCUT2D eigenvalue weighted by atomic mass is 9.95. The fraction of sp³-hybridized carbons (Fsp3) is 0.300. The lowest BCUT2D eigenvalue weighted by Gasteiger charge is -2.30. The van der Waals surface area contributed by atoms with Gasteiger partial charge < -0.3 is 10.2 Å². The molecule has 1 N–H and O–H groups in total. The summed E-state index contributed by atoms with van der Waals surface area (Å²) in [6, 6.07) is 13.8. The summed E-state index contributed by atoms with van der Waals surface area (Å²) in [6.07, 6.45) is 4.89. The molecule has 2 amide bonds. The molecule has 0 aliphatic carbocycles. The molecule has 0 radical (unpaired) electrons. The molecule has 0 unspecified atom stereocenters. The van der Waals surface area contributed by atoms with Crippen LogP contribution < -0.4 is 5.32 Å². The summed E-state index contributed by atoms with van der Waals surface area (Å²) >= 11 is 5.01. The van der Waals surface area contributed by atoms with Gasteiger partial charge in [-0.05, 0) is 52.5 Å². The van der Waals surface area contributed by atoms with Gasteiger partial charge in [0.05, 0.1) is 3.79 Å². The molecule has 1 aliphatic heterocycles. The number of hydrogen-bond acceptors (Lipinski definition) is 3. The van der Waals surface area contributed by atoms with Crippen LogP contribution in [0.5, 0.6) is 0 Å². The molecule has 2 heterocycles. The summed E-state index contributed by atoms with van der Waals surface area (Å²) in [5.74, 6) is 0.0811. The number of thiophene rings is 1. The van der Waals surface area contributed by atoms with Crippen molar-refractivity contribution in [1.29, 1.82) is 0 Å². The van der Waals surface area contributed by atoms with Crippen LogP contribution in [0.4, 0.5) is 0 Å². The largest absolute Gasteiger partial charge is 0.352 e. The first-order chi connectivity index (χ1) is 12.6. The molecule has 0 bridgehead atoms. The summed E-state index contributed by atoms with van der Waals surface area (Å²) in [7, 11) is 0. The average molecular weight is 433 g/mol. The van der Waals surface area contributed by atoms with Crippen LogP contribution in [0.2, 0.25) is 0 Å². The monoisotopic (exact) mass is 432 g/mol. The Labute approximate surface area is 166 Å². The third kappa shape index (κ3) is 5.29. The van der Waals surface area contributed by atoms with E-state index in [0.717, 1.165) is 14.2 Å². The average Bonchev–Trinajstić information content (AvgIpc) is 3.10. The number of piperidine rings is 1. The minimum atomic E-state index is -0.0139. The van der Waals surface area contributed by atoms with E-state index in [0.29, 0.717) is 32.5 Å². The van der Waals surface area contributed by atoms with Crippen molar-refractivity contribution in [3.63, 3.8) is 0 Å². The van der Waals surface area contributed by atoms with Gasteiger partial charge in [0, 0.05) is 36.5 Å². The third-order valence-corrected chi connectivity index (χ3v) is 6.06. The van der Waals surface area contributed by atoms with Crippen LogP contribution in [0.1, 0.15) is 23.3 Å². The van der Waals surface area contributed by atoms with Crippen LogP contribution in [0.25, 0.3) is 6.08 Å². The third-order valence-electron chi connectivity index (χ3n) is 4.47. The van der Waals surface area contributed by atoms with E-state index in [4.69, 9.17) is 0 Å². The number of hydrogen-bond donors (Lipinski definition) is 1. The Bertz CT molecular complexity index is 780. The standard InChI is InChI=1S/C20H21BrN2O2S/c21-18-8-6-17(26-18)7-9-19(24)23-12-10-16(11-13-23)20(25)22-14-15-4-2-1-3-5-15/h1-9,16H,10-14H2,(H,22,25). The van der Waals surface area contributed by atoms with E-state index in [1.807, 2.05) is 53.4 Å². The zero-order valence-electron chi connectivity index (χ0n) is 14.4. The smallest absolute Gasteiger partial charge is 0.246 e. The Hall–Kier alpha value is -1.92. The second-order valence-corrected chi connectivity index (χ2v) is 8.77. The maximum Gasteiger partial charge on any atom is 0.246 e. The Morgan fingerprint density at radius 1 is 1.15 bits per heavy atom. The highest BCUT2D eigenvalue weighted by atomic mass is 79.9. The highest BCUT2D eigenvalue weighted by molar-refractivity contribution is 9.11. The van der Waals surface area contributed by atoms with Gasteiger partial charge >= 0.3 is 0 Å². The first kappa shape index (κ1) is 18.9. The van der Waals surface area contributed by atoms with Crippen molar-refractivity contribution in [2.24, 2.45) is 5.92 Å². The fourth-order valence-electron chi connectivity index (χ4n) is 2.97. The zero-order valence-corrected chi connectivity index (χ0v) is 16.8. The van der Waals surface area contributed by atoms with Gasteiger partial charge in [0.25, 0.3) is 0 Å². The molecule has 1 aromatic carbocycles. The van der Waals surface area contributed by atoms with Crippen molar-refractivity contribution in [2.45, 2.75) is 19.4 Å². The van der Waals surface area contributed by atoms with Crippen LogP contribution in [0.15, 0.2) is 52.3 Å². The van der Waals surface area contributed by atoms with Crippen molar-refractivity contribution in [2.75, 3.05) is 13.1 Å². The minimum absolute atomic E-state index is 0.0117. The van der Waals surface area contributed by atoms with Gasteiger partial charge in [0.15, 0.2) is 0 Å². The number of halogens is 1. The first-order valence-corrected chi connectivity index (χ1v) is 10.3. The Morgan fingerprint density at radius 2 is 1.88 bits per heavy atom. The molecule has 2 aromatic rings. The number of benzene rings is 1. The molecule has 136 valence electrons. The number of carbonyl (C=O) groups excluding carboxylic acids is 2. The van der Waals surface area contributed by atoms with Crippen LogP contribution >= 0.6 is 27.3 Å². The van der Waals surface area contributed by atoms with Crippen molar-refractivity contribution in [3.8, 4) is 0 Å². The summed E-state index contributed by atoms with van der Waals surface area (Å²) in [4.78, 5) is 27.5. The second kappa shape index (κ2) is 9.14. The zero-order chi connectivity index (χ0) is 18.4. The molecule has 0 atom stereocenters. The van der Waals surface area contributed by atoms with Gasteiger partial charge in [0.1, 0.15) is 0 Å². The van der Waals surface area contributed by atoms with E-state index in [-0.39, 0.29) is 17.7 Å². The Kier molecular flexibility index (Phi) is 6.63. The van der Waals surface area contributed by atoms with E-state index >= 15 is 0 Å². The molecule has 3 rings (SSSR count). The maximum absolute atomic E-state index is 12.3. The Morgan fingerprint density at radius 3 is 2.54 bits per heavy atom. The van der Waals surface area contributed by atoms with Crippen molar-refractivity contribution >= 4 is 45.2 Å². The lowest BCUT2D eigenvalue weighted by molar-refractivity contribution is -0.132. The second-order valence-electron chi connectivity index (χ2n) is 6.28. The van der Waals surface area contributed by atoms with E-state index in [2.05, 4.69) is 21.2 Å². The van der Waals surface area contributed by atoms with Crippen molar-refractivity contribution in [1.82, 2.24) is 10.2 Å². The van der Waals surface area contributed by atoms with Gasteiger partial charge in [-0.3, -0.25) is 9.59 Å². The molecule has 0 spiro atoms. The summed E-state index contributed by atoms with van der Waals surface area (Å²) in [5, 5.41) is 3.00. The molecule has 1 aromatic heterocycles. The number of rotatable bonds is 5. The normalized spacial score (nSPS) is 15.3. The molecule has 0 saturated carbocycles. The Balaban J connectivity index is 1.43. The summed E-state index contributed by atoms with van der Waals surface area (Å²) in [6.45, 7) is 1.80. The molecule has 26 heavy (non-hydrogen) atoms. The predicted molar refractivity (Wildman–Crippen MR) is 109 cm³/mol. The number of nitrogens with zero attached hydrogens (tertiary/aromatic N) is 1. The summed E-state index contributed by atoms with van der Waals surface area (Å²) in [5.41, 5.74) is 1.10. The molecular weight excluding hydrogens is 412 g/mol. The van der Waals surface area contributed by atoms with Crippen LogP contribution in [0, 0.1) is 5.92 Å². The topological polar surface area (TPSA) is 49.4 Å². The summed E-state index contributed by atoms with van der Waals surface area (Å²) < 4.78 is 1.05. The van der Waals surface area contributed by atoms with Gasteiger partial charge in [-0.25, -0.2) is 0 Å². The van der Waals surface area contributed by atoms with Gasteiger partial charge in [-0.1, -0.05) is 30.3 Å². The highest BCUT2D eigenvalue weighted by Gasteiger charge is 2.26. The fourth-order valence-corrected chi connectivity index (χ4v) is 4.29. The van der Waals surface area contributed by atoms with E-state index in [1.54, 1.807) is 17.4 Å². The molecule has 1 fully saturated rings.